The number of aromatic amines is 1. The van der Waals surface area contributed by atoms with E-state index in [9.17, 15) is 4.79 Å². The number of nitriles is 1. The largest absolute Gasteiger partial charge is 0.465 e. The molecule has 0 aromatic carbocycles. The van der Waals surface area contributed by atoms with Crippen molar-refractivity contribution in [1.82, 2.24) is 14.9 Å². The highest BCUT2D eigenvalue weighted by Gasteiger charge is 2.32. The molecule has 1 fully saturated rings. The maximum absolute atomic E-state index is 11.0. The van der Waals surface area contributed by atoms with E-state index in [2.05, 4.69) is 9.97 Å². The number of likely N-dealkylation sites (tertiary alicyclic amines) is 1. The molecule has 16 heavy (non-hydrogen) atoms. The number of carboxylic acid groups (broad SMARTS) is 1. The van der Waals surface area contributed by atoms with Crippen molar-refractivity contribution < 1.29 is 9.90 Å². The van der Waals surface area contributed by atoms with Gasteiger partial charge in [-0.25, -0.2) is 9.78 Å². The molecule has 0 aliphatic carbocycles. The molecule has 2 heterocycles. The van der Waals surface area contributed by atoms with Crippen molar-refractivity contribution in [2.45, 2.75) is 18.9 Å². The van der Waals surface area contributed by atoms with Crippen LogP contribution < -0.4 is 0 Å². The predicted octanol–water partition coefficient (Wildman–Crippen LogP) is 1.70. The highest BCUT2D eigenvalue weighted by atomic mass is 127. The van der Waals surface area contributed by atoms with E-state index in [-0.39, 0.29) is 6.04 Å². The Balaban J connectivity index is 2.30. The van der Waals surface area contributed by atoms with Gasteiger partial charge in [-0.3, -0.25) is 4.90 Å². The summed E-state index contributed by atoms with van der Waals surface area (Å²) in [5.74, 6) is 0.570. The number of halogens is 1. The maximum atomic E-state index is 11.0. The summed E-state index contributed by atoms with van der Waals surface area (Å²) in [4.78, 5) is 19.4. The van der Waals surface area contributed by atoms with Gasteiger partial charge in [-0.1, -0.05) is 0 Å². The molecule has 6 nitrogen and oxygen atoms in total. The molecule has 0 saturated carbocycles. The first kappa shape index (κ1) is 11.2. The van der Waals surface area contributed by atoms with E-state index in [4.69, 9.17) is 10.4 Å². The molecular weight excluding hydrogens is 323 g/mol. The number of nitrogens with one attached hydrogen (secondary N) is 1. The minimum absolute atomic E-state index is 0.242. The molecule has 0 radical (unpaired) electrons. The van der Waals surface area contributed by atoms with E-state index >= 15 is 0 Å². The fourth-order valence-electron chi connectivity index (χ4n) is 1.88. The summed E-state index contributed by atoms with van der Waals surface area (Å²) in [6.07, 6.45) is 0.643. The second kappa shape index (κ2) is 4.29. The Morgan fingerprint density at radius 1 is 1.75 bits per heavy atom. The number of nitrogens with zero attached hydrogens (tertiary/aromatic N) is 3. The van der Waals surface area contributed by atoms with E-state index in [0.29, 0.717) is 21.8 Å². The van der Waals surface area contributed by atoms with Crippen LogP contribution in [0.1, 0.15) is 30.4 Å². The fraction of sp³-hybridized carbons (Fsp3) is 0.444. The SMILES string of the molecule is N#Cc1nc(C2CCCN2C(=O)O)[nH]c1I. The normalized spacial score (nSPS) is 19.8. The van der Waals surface area contributed by atoms with Crippen molar-refractivity contribution in [2.75, 3.05) is 6.54 Å². The molecule has 1 amide bonds. The number of carbonyl (C=O) groups is 1. The summed E-state index contributed by atoms with van der Waals surface area (Å²) >= 11 is 1.99. The van der Waals surface area contributed by atoms with Crippen molar-refractivity contribution >= 4 is 28.7 Å². The van der Waals surface area contributed by atoms with Crippen molar-refractivity contribution in [3.05, 3.63) is 15.2 Å². The van der Waals surface area contributed by atoms with Gasteiger partial charge < -0.3 is 10.1 Å². The molecule has 1 aliphatic heterocycles. The Labute approximate surface area is 105 Å². The fourth-order valence-corrected chi connectivity index (χ4v) is 2.40. The van der Waals surface area contributed by atoms with Crippen molar-refractivity contribution in [1.29, 1.82) is 5.26 Å². The minimum atomic E-state index is -0.938. The van der Waals surface area contributed by atoms with Crippen molar-refractivity contribution in [2.24, 2.45) is 0 Å². The second-order valence-electron chi connectivity index (χ2n) is 3.53. The first-order valence-corrected chi connectivity index (χ1v) is 5.86. The third-order valence-electron chi connectivity index (χ3n) is 2.60. The molecule has 0 spiro atoms. The molecular formula is C9H9IN4O2. The van der Waals surface area contributed by atoms with E-state index in [1.807, 2.05) is 28.7 Å². The lowest BCUT2D eigenvalue weighted by molar-refractivity contribution is 0.139. The average Bonchev–Trinajstić information content (AvgIpc) is 2.82. The average molecular weight is 332 g/mol. The molecule has 7 heteroatoms. The van der Waals surface area contributed by atoms with E-state index in [0.717, 1.165) is 12.8 Å². The molecule has 1 atom stereocenters. The third-order valence-corrected chi connectivity index (χ3v) is 3.38. The van der Waals surface area contributed by atoms with Gasteiger partial charge in [-0.15, -0.1) is 0 Å². The Kier molecular flexibility index (Phi) is 3.00. The molecule has 1 aromatic heterocycles. The van der Waals surface area contributed by atoms with Gasteiger partial charge in [0.2, 0.25) is 0 Å². The molecule has 84 valence electrons. The molecule has 0 bridgehead atoms. The van der Waals surface area contributed by atoms with Gasteiger partial charge in [-0.05, 0) is 35.4 Å². The van der Waals surface area contributed by atoms with Crippen LogP contribution in [-0.2, 0) is 0 Å². The first-order chi connectivity index (χ1) is 7.63. The standard InChI is InChI=1S/C9H9IN4O2/c10-7-5(4-11)12-8(13-7)6-2-1-3-14(6)9(15)16/h6H,1-3H2,(H,12,13)(H,15,16). The van der Waals surface area contributed by atoms with Crippen LogP contribution >= 0.6 is 22.6 Å². The van der Waals surface area contributed by atoms with Crippen LogP contribution in [0.15, 0.2) is 0 Å². The molecule has 2 rings (SSSR count). The lowest BCUT2D eigenvalue weighted by Gasteiger charge is -2.19. The Bertz CT molecular complexity index is 465. The van der Waals surface area contributed by atoms with Crippen molar-refractivity contribution in [3.63, 3.8) is 0 Å². The molecule has 1 saturated heterocycles. The summed E-state index contributed by atoms with van der Waals surface area (Å²) in [5, 5.41) is 17.8. The van der Waals surface area contributed by atoms with Crippen LogP contribution in [0.4, 0.5) is 4.79 Å². The lowest BCUT2D eigenvalue weighted by atomic mass is 10.2. The lowest BCUT2D eigenvalue weighted by Crippen LogP contribution is -2.29. The number of hydrogen-bond acceptors (Lipinski definition) is 3. The minimum Gasteiger partial charge on any atom is -0.465 e. The first-order valence-electron chi connectivity index (χ1n) is 4.78. The number of aromatic nitrogens is 2. The van der Waals surface area contributed by atoms with Gasteiger partial charge in [0.05, 0.1) is 6.04 Å². The predicted molar refractivity (Wildman–Crippen MR) is 62.7 cm³/mol. The number of H-pyrrole nitrogens is 1. The summed E-state index contributed by atoms with van der Waals surface area (Å²) in [6, 6.07) is 1.72. The topological polar surface area (TPSA) is 93.0 Å². The Morgan fingerprint density at radius 2 is 2.50 bits per heavy atom. The van der Waals surface area contributed by atoms with Gasteiger partial charge in [0.15, 0.2) is 5.69 Å². The zero-order valence-corrected chi connectivity index (χ0v) is 10.4. The monoisotopic (exact) mass is 332 g/mol. The number of imidazole rings is 1. The molecule has 2 N–H and O–H groups in total. The highest BCUT2D eigenvalue weighted by Crippen LogP contribution is 2.30. The number of amides is 1. The van der Waals surface area contributed by atoms with Crippen LogP contribution in [0.2, 0.25) is 0 Å². The quantitative estimate of drug-likeness (QED) is 0.766. The molecule has 1 aliphatic rings. The summed E-state index contributed by atoms with van der Waals surface area (Å²) in [5.41, 5.74) is 0.327. The number of rotatable bonds is 1. The molecule has 1 unspecified atom stereocenters. The highest BCUT2D eigenvalue weighted by molar-refractivity contribution is 14.1. The van der Waals surface area contributed by atoms with E-state index in [1.54, 1.807) is 0 Å². The Morgan fingerprint density at radius 3 is 3.06 bits per heavy atom. The molecule has 1 aromatic rings. The van der Waals surface area contributed by atoms with Gasteiger partial charge in [0.25, 0.3) is 0 Å². The number of hydrogen-bond donors (Lipinski definition) is 2. The summed E-state index contributed by atoms with van der Waals surface area (Å²) < 4.78 is 0.660. The van der Waals surface area contributed by atoms with E-state index < -0.39 is 6.09 Å². The van der Waals surface area contributed by atoms with Crippen LogP contribution in [0, 0.1) is 15.0 Å². The van der Waals surface area contributed by atoms with Gasteiger partial charge >= 0.3 is 6.09 Å². The van der Waals surface area contributed by atoms with Crippen LogP contribution in [0.25, 0.3) is 0 Å². The Hall–Kier alpha value is -1.30. The van der Waals surface area contributed by atoms with Gasteiger partial charge in [0, 0.05) is 6.54 Å². The smallest absolute Gasteiger partial charge is 0.407 e. The third kappa shape index (κ3) is 1.84. The van der Waals surface area contributed by atoms with Crippen LogP contribution in [0.5, 0.6) is 0 Å². The maximum Gasteiger partial charge on any atom is 0.407 e. The van der Waals surface area contributed by atoms with Gasteiger partial charge in [-0.2, -0.15) is 5.26 Å². The van der Waals surface area contributed by atoms with Gasteiger partial charge in [0.1, 0.15) is 15.6 Å². The zero-order valence-electron chi connectivity index (χ0n) is 8.27. The van der Waals surface area contributed by atoms with Crippen LogP contribution in [-0.4, -0.2) is 32.6 Å². The summed E-state index contributed by atoms with van der Waals surface area (Å²) in [6.45, 7) is 0.527. The van der Waals surface area contributed by atoms with E-state index in [1.165, 1.54) is 4.90 Å². The van der Waals surface area contributed by atoms with Crippen molar-refractivity contribution in [3.8, 4) is 6.07 Å². The summed E-state index contributed by atoms with van der Waals surface area (Å²) in [7, 11) is 0. The van der Waals surface area contributed by atoms with Crippen LogP contribution in [0.3, 0.4) is 0 Å². The second-order valence-corrected chi connectivity index (χ2v) is 4.61. The zero-order chi connectivity index (χ0) is 11.7.